The number of fused-ring (bicyclic) bond motifs is 1. The summed E-state index contributed by atoms with van der Waals surface area (Å²) >= 11 is 0. The van der Waals surface area contributed by atoms with E-state index >= 15 is 0 Å². The molecule has 1 aliphatic heterocycles. The third-order valence-corrected chi connectivity index (χ3v) is 5.41. The van der Waals surface area contributed by atoms with E-state index in [0.29, 0.717) is 0 Å². The average molecular weight is 288 g/mol. The highest BCUT2D eigenvalue weighted by Crippen LogP contribution is 2.38. The maximum atomic E-state index is 10.1. The molecule has 3 heteroatoms. The first-order valence-electron chi connectivity index (χ1n) is 8.41. The van der Waals surface area contributed by atoms with Crippen molar-refractivity contribution in [2.45, 2.75) is 31.7 Å². The van der Waals surface area contributed by atoms with Crippen molar-refractivity contribution in [2.75, 3.05) is 32.8 Å². The Bertz CT molecular complexity index is 438. The van der Waals surface area contributed by atoms with Crippen molar-refractivity contribution >= 4 is 0 Å². The molecule has 21 heavy (non-hydrogen) atoms. The molecule has 0 bridgehead atoms. The SMILES string of the molecule is CCNC(CO)(CN1CC2CCCC2C1)c1ccccc1. The first kappa shape index (κ1) is 15.0. The molecule has 0 amide bonds. The summed E-state index contributed by atoms with van der Waals surface area (Å²) in [5, 5.41) is 13.7. The van der Waals surface area contributed by atoms with Gasteiger partial charge in [0.2, 0.25) is 0 Å². The summed E-state index contributed by atoms with van der Waals surface area (Å²) in [7, 11) is 0. The van der Waals surface area contributed by atoms with Crippen molar-refractivity contribution in [3.8, 4) is 0 Å². The van der Waals surface area contributed by atoms with E-state index in [-0.39, 0.29) is 12.1 Å². The second kappa shape index (κ2) is 6.47. The molecule has 1 saturated carbocycles. The molecule has 0 aromatic heterocycles. The van der Waals surface area contributed by atoms with Crippen LogP contribution in [0.25, 0.3) is 0 Å². The zero-order valence-electron chi connectivity index (χ0n) is 13.1. The van der Waals surface area contributed by atoms with Crippen LogP contribution >= 0.6 is 0 Å². The van der Waals surface area contributed by atoms with Crippen LogP contribution in [0.3, 0.4) is 0 Å². The quantitative estimate of drug-likeness (QED) is 0.842. The molecule has 3 rings (SSSR count). The fraction of sp³-hybridized carbons (Fsp3) is 0.667. The van der Waals surface area contributed by atoms with Gasteiger partial charge < -0.3 is 15.3 Å². The zero-order valence-corrected chi connectivity index (χ0v) is 13.1. The van der Waals surface area contributed by atoms with E-state index in [1.54, 1.807) is 0 Å². The molecule has 2 aliphatic rings. The van der Waals surface area contributed by atoms with Gasteiger partial charge in [-0.1, -0.05) is 43.7 Å². The smallest absolute Gasteiger partial charge is 0.0797 e. The van der Waals surface area contributed by atoms with Gasteiger partial charge in [-0.25, -0.2) is 0 Å². The molecule has 0 spiro atoms. The second-order valence-corrected chi connectivity index (χ2v) is 6.78. The van der Waals surface area contributed by atoms with Crippen LogP contribution in [0.4, 0.5) is 0 Å². The summed E-state index contributed by atoms with van der Waals surface area (Å²) in [4.78, 5) is 2.57. The van der Waals surface area contributed by atoms with E-state index in [4.69, 9.17) is 0 Å². The van der Waals surface area contributed by atoms with Crippen molar-refractivity contribution in [1.29, 1.82) is 0 Å². The van der Waals surface area contributed by atoms with Crippen molar-refractivity contribution in [1.82, 2.24) is 10.2 Å². The van der Waals surface area contributed by atoms with E-state index < -0.39 is 0 Å². The maximum Gasteiger partial charge on any atom is 0.0797 e. The Morgan fingerprint density at radius 2 is 1.86 bits per heavy atom. The van der Waals surface area contributed by atoms with Gasteiger partial charge in [0.1, 0.15) is 0 Å². The van der Waals surface area contributed by atoms with E-state index in [1.165, 1.54) is 37.9 Å². The van der Waals surface area contributed by atoms with Crippen molar-refractivity contribution < 1.29 is 5.11 Å². The monoisotopic (exact) mass is 288 g/mol. The number of likely N-dealkylation sites (N-methyl/N-ethyl adjacent to an activating group) is 1. The molecule has 3 nitrogen and oxygen atoms in total. The molecule has 1 aromatic rings. The van der Waals surface area contributed by atoms with Gasteiger partial charge in [-0.2, -0.15) is 0 Å². The summed E-state index contributed by atoms with van der Waals surface area (Å²) in [6.07, 6.45) is 4.22. The molecule has 1 aliphatic carbocycles. The third kappa shape index (κ3) is 3.01. The molecule has 0 radical (unpaired) electrons. The highest BCUT2D eigenvalue weighted by molar-refractivity contribution is 5.25. The van der Waals surface area contributed by atoms with E-state index in [2.05, 4.69) is 41.4 Å². The number of rotatable bonds is 6. The van der Waals surface area contributed by atoms with Crippen LogP contribution in [0.2, 0.25) is 0 Å². The minimum atomic E-state index is -0.325. The van der Waals surface area contributed by atoms with Gasteiger partial charge in [-0.3, -0.25) is 0 Å². The predicted molar refractivity (Wildman–Crippen MR) is 86.2 cm³/mol. The molecule has 3 atom stereocenters. The molecular weight excluding hydrogens is 260 g/mol. The second-order valence-electron chi connectivity index (χ2n) is 6.78. The average Bonchev–Trinajstić information content (AvgIpc) is 3.08. The van der Waals surface area contributed by atoms with Gasteiger partial charge in [0, 0.05) is 19.6 Å². The highest BCUT2D eigenvalue weighted by Gasteiger charge is 2.40. The van der Waals surface area contributed by atoms with Crippen LogP contribution in [0, 0.1) is 11.8 Å². The fourth-order valence-corrected chi connectivity index (χ4v) is 4.39. The number of aliphatic hydroxyl groups is 1. The number of hydrogen-bond acceptors (Lipinski definition) is 3. The summed E-state index contributed by atoms with van der Waals surface area (Å²) in [6.45, 7) is 6.47. The minimum Gasteiger partial charge on any atom is -0.394 e. The van der Waals surface area contributed by atoms with Crippen LogP contribution in [-0.4, -0.2) is 42.8 Å². The first-order chi connectivity index (χ1) is 10.3. The Morgan fingerprint density at radius 3 is 2.43 bits per heavy atom. The number of hydrogen-bond donors (Lipinski definition) is 2. The Balaban J connectivity index is 1.76. The Labute approximate surface area is 128 Å². The molecule has 2 fully saturated rings. The van der Waals surface area contributed by atoms with Crippen molar-refractivity contribution in [3.05, 3.63) is 35.9 Å². The normalized spacial score (nSPS) is 28.5. The standard InChI is InChI=1S/C18H28N2O/c1-2-19-18(14-21,17-9-4-3-5-10-17)13-20-11-15-7-6-8-16(15)12-20/h3-5,9-10,15-16,19,21H,2,6-8,11-14H2,1H3. The van der Waals surface area contributed by atoms with Gasteiger partial charge in [0.25, 0.3) is 0 Å². The molecular formula is C18H28N2O. The van der Waals surface area contributed by atoms with E-state index in [0.717, 1.165) is 24.9 Å². The Morgan fingerprint density at radius 1 is 1.19 bits per heavy atom. The summed E-state index contributed by atoms with van der Waals surface area (Å²) in [5.74, 6) is 1.80. The topological polar surface area (TPSA) is 35.5 Å². The molecule has 2 N–H and O–H groups in total. The van der Waals surface area contributed by atoms with Crippen LogP contribution in [-0.2, 0) is 5.54 Å². The lowest BCUT2D eigenvalue weighted by Crippen LogP contribution is -2.53. The number of aliphatic hydroxyl groups excluding tert-OH is 1. The van der Waals surface area contributed by atoms with Gasteiger partial charge in [0.05, 0.1) is 12.1 Å². The summed E-state index contributed by atoms with van der Waals surface area (Å²) in [6, 6.07) is 10.4. The number of nitrogens with zero attached hydrogens (tertiary/aromatic N) is 1. The summed E-state index contributed by atoms with van der Waals surface area (Å²) < 4.78 is 0. The van der Waals surface area contributed by atoms with Crippen LogP contribution in [0.15, 0.2) is 30.3 Å². The van der Waals surface area contributed by atoms with Gasteiger partial charge >= 0.3 is 0 Å². The highest BCUT2D eigenvalue weighted by atomic mass is 16.3. The van der Waals surface area contributed by atoms with E-state index in [1.807, 2.05) is 6.07 Å². The number of nitrogens with one attached hydrogen (secondary N) is 1. The Hall–Kier alpha value is -0.900. The van der Waals surface area contributed by atoms with Gasteiger partial charge in [0.15, 0.2) is 0 Å². The first-order valence-corrected chi connectivity index (χ1v) is 8.41. The lowest BCUT2D eigenvalue weighted by molar-refractivity contribution is 0.115. The predicted octanol–water partition coefficient (Wildman–Crippen LogP) is 2.22. The van der Waals surface area contributed by atoms with Crippen molar-refractivity contribution in [2.24, 2.45) is 11.8 Å². The molecule has 3 unspecified atom stereocenters. The van der Waals surface area contributed by atoms with Crippen LogP contribution < -0.4 is 5.32 Å². The molecule has 1 heterocycles. The minimum absolute atomic E-state index is 0.149. The fourth-order valence-electron chi connectivity index (χ4n) is 4.39. The summed E-state index contributed by atoms with van der Waals surface area (Å²) in [5.41, 5.74) is 0.876. The van der Waals surface area contributed by atoms with Crippen molar-refractivity contribution in [3.63, 3.8) is 0 Å². The van der Waals surface area contributed by atoms with Gasteiger partial charge in [-0.05, 0) is 36.8 Å². The Kier molecular flexibility index (Phi) is 4.63. The zero-order chi connectivity index (χ0) is 14.7. The van der Waals surface area contributed by atoms with Gasteiger partial charge in [-0.15, -0.1) is 0 Å². The van der Waals surface area contributed by atoms with E-state index in [9.17, 15) is 5.11 Å². The lowest BCUT2D eigenvalue weighted by Gasteiger charge is -2.37. The largest absolute Gasteiger partial charge is 0.394 e. The number of likely N-dealkylation sites (tertiary alicyclic amines) is 1. The van der Waals surface area contributed by atoms with Crippen LogP contribution in [0.1, 0.15) is 31.7 Å². The molecule has 1 saturated heterocycles. The number of benzene rings is 1. The molecule has 116 valence electrons. The molecule has 1 aromatic carbocycles. The van der Waals surface area contributed by atoms with Crippen LogP contribution in [0.5, 0.6) is 0 Å². The maximum absolute atomic E-state index is 10.1. The third-order valence-electron chi connectivity index (χ3n) is 5.41. The lowest BCUT2D eigenvalue weighted by atomic mass is 9.89.